The van der Waals surface area contributed by atoms with Crippen molar-refractivity contribution >= 4 is 13.5 Å². The summed E-state index contributed by atoms with van der Waals surface area (Å²) < 4.78 is 27.7. The first kappa shape index (κ1) is 18.3. The van der Waals surface area contributed by atoms with Gasteiger partial charge in [0.05, 0.1) is 19.3 Å². The van der Waals surface area contributed by atoms with E-state index < -0.39 is 55.7 Å². The van der Waals surface area contributed by atoms with Gasteiger partial charge in [0.2, 0.25) is 11.4 Å². The van der Waals surface area contributed by atoms with Gasteiger partial charge in [-0.2, -0.15) is 0 Å². The summed E-state index contributed by atoms with van der Waals surface area (Å²) in [7, 11) is -4.25. The van der Waals surface area contributed by atoms with E-state index in [9.17, 15) is 19.4 Å². The van der Waals surface area contributed by atoms with Gasteiger partial charge in [-0.15, -0.1) is 0 Å². The van der Waals surface area contributed by atoms with Crippen LogP contribution in [0.5, 0.6) is 0 Å². The van der Waals surface area contributed by atoms with Crippen LogP contribution in [0.4, 0.5) is 0 Å². The van der Waals surface area contributed by atoms with E-state index in [1.54, 1.807) is 0 Å². The number of hydrogen-bond acceptors (Lipinski definition) is 8. The Kier molecular flexibility index (Phi) is 5.17. The highest BCUT2D eigenvalue weighted by molar-refractivity contribution is 7.57. The van der Waals surface area contributed by atoms with Crippen LogP contribution in [0, 0.1) is 0 Å². The molecule has 132 valence electrons. The fourth-order valence-corrected chi connectivity index (χ4v) is 3.63. The maximum Gasteiger partial charge on any atom is 0.392 e. The van der Waals surface area contributed by atoms with Gasteiger partial charge >= 0.3 is 7.60 Å². The molecule has 6 N–H and O–H groups in total. The molecular formula is C12H21N2O8P. The molecular weight excluding hydrogens is 331 g/mol. The molecule has 0 saturated carbocycles. The van der Waals surface area contributed by atoms with E-state index in [0.717, 1.165) is 0 Å². The molecule has 2 aliphatic rings. The quantitative estimate of drug-likeness (QED) is 0.278. The maximum atomic E-state index is 12.1. The molecule has 0 bridgehead atoms. The summed E-state index contributed by atoms with van der Waals surface area (Å²) in [6, 6.07) is -1.82. The molecule has 0 aliphatic carbocycles. The molecule has 2 heterocycles. The number of aliphatic hydroxyl groups is 2. The Morgan fingerprint density at radius 2 is 2.30 bits per heavy atom. The number of carbonyl (C=O) groups is 1. The molecule has 23 heavy (non-hydrogen) atoms. The zero-order valence-corrected chi connectivity index (χ0v) is 13.6. The predicted molar refractivity (Wildman–Crippen MR) is 76.9 cm³/mol. The van der Waals surface area contributed by atoms with Gasteiger partial charge in [0.15, 0.2) is 6.10 Å². The maximum absolute atomic E-state index is 12.1. The molecule has 1 amide bonds. The van der Waals surface area contributed by atoms with Crippen molar-refractivity contribution in [3.63, 3.8) is 0 Å². The zero-order chi connectivity index (χ0) is 17.4. The smallest absolute Gasteiger partial charge is 0.392 e. The van der Waals surface area contributed by atoms with Crippen molar-refractivity contribution in [1.82, 2.24) is 5.32 Å². The van der Waals surface area contributed by atoms with Gasteiger partial charge < -0.3 is 40.2 Å². The Labute approximate surface area is 132 Å². The lowest BCUT2D eigenvalue weighted by atomic mass is 9.96. The first-order valence-corrected chi connectivity index (χ1v) is 8.63. The van der Waals surface area contributed by atoms with Crippen LogP contribution < -0.4 is 11.1 Å². The lowest BCUT2D eigenvalue weighted by molar-refractivity contribution is -0.123. The number of nitrogens with one attached hydrogen (secondary N) is 1. The van der Waals surface area contributed by atoms with Crippen molar-refractivity contribution < 1.29 is 38.5 Å². The molecule has 0 aromatic carbocycles. The summed E-state index contributed by atoms with van der Waals surface area (Å²) in [5, 5.41) is 21.3. The van der Waals surface area contributed by atoms with Crippen LogP contribution in [0.3, 0.4) is 0 Å². The Morgan fingerprint density at radius 3 is 2.83 bits per heavy atom. The molecule has 1 spiro atoms. The molecule has 0 radical (unpaired) electrons. The minimum absolute atomic E-state index is 0.0324. The predicted octanol–water partition coefficient (Wildman–Crippen LogP) is -1.64. The highest BCUT2D eigenvalue weighted by Crippen LogP contribution is 2.58. The Hall–Kier alpha value is -1.00. The summed E-state index contributed by atoms with van der Waals surface area (Å²) in [5.41, 5.74) is 5.53. The van der Waals surface area contributed by atoms with Crippen molar-refractivity contribution in [2.45, 2.75) is 43.9 Å². The molecule has 0 aromatic heterocycles. The van der Waals surface area contributed by atoms with Gasteiger partial charge in [-0.1, -0.05) is 0 Å². The number of aliphatic hydroxyl groups excluding tert-OH is 2. The molecule has 1 unspecified atom stereocenters. The van der Waals surface area contributed by atoms with Gasteiger partial charge in [-0.25, -0.2) is 0 Å². The average Bonchev–Trinajstić information content (AvgIpc) is 3.16. The number of epoxide rings is 1. The highest BCUT2D eigenvalue weighted by atomic mass is 31.2. The molecule has 2 rings (SSSR count). The van der Waals surface area contributed by atoms with Crippen LogP contribution in [-0.2, 0) is 23.4 Å². The van der Waals surface area contributed by atoms with Crippen LogP contribution >= 0.6 is 7.60 Å². The van der Waals surface area contributed by atoms with Crippen LogP contribution in [0.15, 0.2) is 11.6 Å². The summed E-state index contributed by atoms with van der Waals surface area (Å²) in [5.74, 6) is -2.05. The number of rotatable bonds is 6. The third-order valence-electron chi connectivity index (χ3n) is 3.55. The lowest BCUT2D eigenvalue weighted by Gasteiger charge is -2.35. The number of carbonyl (C=O) groups excluding carboxylic acids is 1. The van der Waals surface area contributed by atoms with E-state index in [1.165, 1.54) is 19.9 Å². The second-order valence-corrected chi connectivity index (χ2v) is 7.05. The molecule has 2 aliphatic heterocycles. The Morgan fingerprint density at radius 1 is 1.65 bits per heavy atom. The molecule has 6 atom stereocenters. The van der Waals surface area contributed by atoms with Gasteiger partial charge in [-0.05, 0) is 13.0 Å². The van der Waals surface area contributed by atoms with Crippen LogP contribution in [-0.4, -0.2) is 64.3 Å². The fourth-order valence-electron chi connectivity index (χ4n) is 2.54. The number of hydrogen-bond donors (Lipinski definition) is 5. The molecule has 1 saturated heterocycles. The number of nitrogens with two attached hydrogens (primary N) is 1. The van der Waals surface area contributed by atoms with Gasteiger partial charge in [0, 0.05) is 6.92 Å². The second-order valence-electron chi connectivity index (χ2n) is 5.31. The normalized spacial score (nSPS) is 36.6. The van der Waals surface area contributed by atoms with Crippen molar-refractivity contribution in [2.75, 3.05) is 13.2 Å². The van der Waals surface area contributed by atoms with Crippen molar-refractivity contribution in [1.29, 1.82) is 0 Å². The first-order chi connectivity index (χ1) is 10.7. The monoisotopic (exact) mass is 352 g/mol. The fraction of sp³-hybridized carbons (Fsp3) is 0.750. The van der Waals surface area contributed by atoms with E-state index in [4.69, 9.17) is 24.8 Å². The van der Waals surface area contributed by atoms with Crippen LogP contribution in [0.1, 0.15) is 13.8 Å². The van der Waals surface area contributed by atoms with E-state index >= 15 is 0 Å². The largest absolute Gasteiger partial charge is 0.449 e. The average molecular weight is 352 g/mol. The highest BCUT2D eigenvalue weighted by Gasteiger charge is 2.71. The van der Waals surface area contributed by atoms with E-state index in [1.807, 2.05) is 0 Å². The minimum Gasteiger partial charge on any atom is -0.449 e. The van der Waals surface area contributed by atoms with Gasteiger partial charge in [-0.3, -0.25) is 9.36 Å². The van der Waals surface area contributed by atoms with Crippen LogP contribution in [0.25, 0.3) is 0 Å². The minimum atomic E-state index is -4.25. The zero-order valence-electron chi connectivity index (χ0n) is 12.7. The molecule has 0 aromatic rings. The van der Waals surface area contributed by atoms with E-state index in [2.05, 4.69) is 5.32 Å². The van der Waals surface area contributed by atoms with Gasteiger partial charge in [0.1, 0.15) is 12.1 Å². The van der Waals surface area contributed by atoms with Gasteiger partial charge in [0.25, 0.3) is 5.79 Å². The third-order valence-corrected chi connectivity index (χ3v) is 4.95. The number of amides is 1. The van der Waals surface area contributed by atoms with E-state index in [0.29, 0.717) is 0 Å². The summed E-state index contributed by atoms with van der Waals surface area (Å²) in [4.78, 5) is 21.3. The standard InChI is InChI=1S/C12H21N2O8P/c1-3-20-23(18,19)9-4-7(13)10(14-6(2)16)12(21-9)11(22-12)8(17)5-15/h4,7-8,10-11,15,17H,3,5,13H2,1-2H3,(H,14,16)(H,18,19)/t7-,8+,10+,11+,12-/m0/s1. The molecule has 1 fully saturated rings. The molecule has 11 heteroatoms. The van der Waals surface area contributed by atoms with Crippen molar-refractivity contribution in [3.8, 4) is 0 Å². The third kappa shape index (κ3) is 3.43. The van der Waals surface area contributed by atoms with Crippen molar-refractivity contribution in [3.05, 3.63) is 11.6 Å². The first-order valence-electron chi connectivity index (χ1n) is 7.06. The van der Waals surface area contributed by atoms with E-state index in [-0.39, 0.29) is 6.61 Å². The lowest BCUT2D eigenvalue weighted by Crippen LogP contribution is -2.59. The second kappa shape index (κ2) is 6.48. The number of ether oxygens (including phenoxy) is 2. The molecule has 10 nitrogen and oxygen atoms in total. The van der Waals surface area contributed by atoms with Crippen molar-refractivity contribution in [2.24, 2.45) is 5.73 Å². The Bertz CT molecular complexity index is 555. The summed E-state index contributed by atoms with van der Waals surface area (Å²) in [6.45, 7) is 2.15. The van der Waals surface area contributed by atoms with Crippen LogP contribution in [0.2, 0.25) is 0 Å². The SMILES string of the molecule is CCOP(=O)(O)C1=C[C@H](N)[C@@H](NC(C)=O)[C@]2(O1)O[C@@H]2[C@H](O)CO. The topological polar surface area (TPSA) is 164 Å². The summed E-state index contributed by atoms with van der Waals surface area (Å²) >= 11 is 0. The Balaban J connectivity index is 2.33. The summed E-state index contributed by atoms with van der Waals surface area (Å²) in [6.07, 6.45) is -1.14.